The van der Waals surface area contributed by atoms with Crippen molar-refractivity contribution in [2.24, 2.45) is 0 Å². The monoisotopic (exact) mass is 423 g/mol. The average molecular weight is 424 g/mol. The molecule has 1 amide bonds. The number of alkyl halides is 1. The van der Waals surface area contributed by atoms with Crippen molar-refractivity contribution in [3.8, 4) is 5.75 Å². The van der Waals surface area contributed by atoms with Crippen LogP contribution in [0.4, 0.5) is 13.2 Å². The first-order chi connectivity index (χ1) is 13.9. The molecule has 3 aromatic rings. The summed E-state index contributed by atoms with van der Waals surface area (Å²) in [4.78, 5) is 30.2. The van der Waals surface area contributed by atoms with E-state index in [0.29, 0.717) is 0 Å². The third kappa shape index (κ3) is 4.57. The number of pyridine rings is 2. The van der Waals surface area contributed by atoms with Crippen LogP contribution in [-0.4, -0.2) is 22.7 Å². The summed E-state index contributed by atoms with van der Waals surface area (Å²) in [6, 6.07) is 5.91. The Morgan fingerprint density at radius 1 is 1.24 bits per heavy atom. The molecule has 0 fully saturated rings. The van der Waals surface area contributed by atoms with Crippen molar-refractivity contribution in [3.05, 3.63) is 92.6 Å². The Morgan fingerprint density at radius 3 is 2.69 bits per heavy atom. The van der Waals surface area contributed by atoms with Crippen LogP contribution in [0.1, 0.15) is 27.7 Å². The lowest BCUT2D eigenvalue weighted by molar-refractivity contribution is 0.0941. The zero-order valence-corrected chi connectivity index (χ0v) is 15.3. The molecule has 2 heterocycles. The SMILES string of the molecule is O=C(N[C@@H](c1ccc(OCF)c(F)c1)c1ncccc1F)c1c[nH]c(=O)c(Cl)c1. The lowest BCUT2D eigenvalue weighted by atomic mass is 10.0. The van der Waals surface area contributed by atoms with Gasteiger partial charge in [0, 0.05) is 12.4 Å². The molecule has 2 N–H and O–H groups in total. The van der Waals surface area contributed by atoms with Gasteiger partial charge in [0.25, 0.3) is 11.5 Å². The maximum atomic E-state index is 14.3. The summed E-state index contributed by atoms with van der Waals surface area (Å²) in [5.41, 5.74) is -0.625. The molecule has 0 aliphatic heterocycles. The zero-order valence-electron chi connectivity index (χ0n) is 14.6. The first-order valence-corrected chi connectivity index (χ1v) is 8.56. The first-order valence-electron chi connectivity index (χ1n) is 8.18. The zero-order chi connectivity index (χ0) is 21.0. The number of amides is 1. The van der Waals surface area contributed by atoms with E-state index in [1.807, 2.05) is 0 Å². The van der Waals surface area contributed by atoms with E-state index in [9.17, 15) is 22.8 Å². The molecule has 0 aliphatic rings. The van der Waals surface area contributed by atoms with Crippen LogP contribution in [0.25, 0.3) is 0 Å². The van der Waals surface area contributed by atoms with E-state index in [4.69, 9.17) is 11.6 Å². The van der Waals surface area contributed by atoms with E-state index in [1.54, 1.807) is 0 Å². The Bertz CT molecular complexity index is 1110. The second kappa shape index (κ2) is 8.78. The van der Waals surface area contributed by atoms with Crippen molar-refractivity contribution in [2.45, 2.75) is 6.04 Å². The Kier molecular flexibility index (Phi) is 6.18. The second-order valence-electron chi connectivity index (χ2n) is 5.79. The molecule has 0 aliphatic carbocycles. The Balaban J connectivity index is 2.01. The van der Waals surface area contributed by atoms with Crippen LogP contribution in [0.5, 0.6) is 5.75 Å². The van der Waals surface area contributed by atoms with Crippen LogP contribution in [0.15, 0.2) is 53.6 Å². The highest BCUT2D eigenvalue weighted by atomic mass is 35.5. The maximum absolute atomic E-state index is 14.3. The van der Waals surface area contributed by atoms with Crippen molar-refractivity contribution >= 4 is 17.5 Å². The minimum Gasteiger partial charge on any atom is -0.460 e. The lowest BCUT2D eigenvalue weighted by Gasteiger charge is -2.20. The molecule has 6 nitrogen and oxygen atoms in total. The summed E-state index contributed by atoms with van der Waals surface area (Å²) >= 11 is 5.73. The summed E-state index contributed by atoms with van der Waals surface area (Å²) in [6.07, 6.45) is 2.44. The lowest BCUT2D eigenvalue weighted by Crippen LogP contribution is -2.31. The van der Waals surface area contributed by atoms with E-state index in [-0.39, 0.29) is 27.6 Å². The molecule has 1 atom stereocenters. The number of aromatic nitrogens is 2. The number of benzene rings is 1. The second-order valence-corrected chi connectivity index (χ2v) is 6.19. The van der Waals surface area contributed by atoms with Crippen molar-refractivity contribution in [1.82, 2.24) is 15.3 Å². The van der Waals surface area contributed by atoms with Crippen molar-refractivity contribution in [2.75, 3.05) is 6.86 Å². The molecule has 3 rings (SSSR count). The fourth-order valence-corrected chi connectivity index (χ4v) is 2.77. The summed E-state index contributed by atoms with van der Waals surface area (Å²) in [7, 11) is 0. The summed E-state index contributed by atoms with van der Waals surface area (Å²) in [6.45, 7) is -1.22. The van der Waals surface area contributed by atoms with Crippen LogP contribution in [-0.2, 0) is 0 Å². The van der Waals surface area contributed by atoms with Gasteiger partial charge in [-0.2, -0.15) is 0 Å². The van der Waals surface area contributed by atoms with Crippen molar-refractivity contribution in [3.63, 3.8) is 0 Å². The summed E-state index contributed by atoms with van der Waals surface area (Å²) in [5.74, 6) is -2.69. The highest BCUT2D eigenvalue weighted by Gasteiger charge is 2.24. The van der Waals surface area contributed by atoms with Gasteiger partial charge in [-0.1, -0.05) is 17.7 Å². The van der Waals surface area contributed by atoms with Gasteiger partial charge in [-0.25, -0.2) is 13.2 Å². The number of nitrogens with one attached hydrogen (secondary N) is 2. The number of hydrogen-bond acceptors (Lipinski definition) is 4. The van der Waals surface area contributed by atoms with Gasteiger partial charge in [-0.05, 0) is 35.9 Å². The number of carbonyl (C=O) groups is 1. The van der Waals surface area contributed by atoms with Gasteiger partial charge in [0.2, 0.25) is 6.86 Å². The largest absolute Gasteiger partial charge is 0.460 e. The standard InChI is InChI=1S/C19H13ClF3N3O3/c20-12-6-11(8-25-19(12)28)18(27)26-16(17-13(22)2-1-5-24-17)10-3-4-15(29-9-21)14(23)7-10/h1-8,16H,9H2,(H,25,28)(H,26,27)/t16-/m0/s1. The number of hydrogen-bond donors (Lipinski definition) is 2. The molecule has 0 radical (unpaired) electrons. The molecule has 0 spiro atoms. The van der Waals surface area contributed by atoms with E-state index in [1.165, 1.54) is 18.3 Å². The summed E-state index contributed by atoms with van der Waals surface area (Å²) in [5, 5.41) is 2.32. The molecule has 0 saturated heterocycles. The van der Waals surface area contributed by atoms with Gasteiger partial charge < -0.3 is 15.0 Å². The van der Waals surface area contributed by atoms with Crippen LogP contribution in [0.2, 0.25) is 5.02 Å². The molecule has 0 saturated carbocycles. The molecular weight excluding hydrogens is 411 g/mol. The average Bonchev–Trinajstić information content (AvgIpc) is 2.70. The number of nitrogens with zero attached hydrogens (tertiary/aromatic N) is 1. The Hall–Kier alpha value is -3.33. The predicted octanol–water partition coefficient (Wildman–Crippen LogP) is 3.53. The fraction of sp³-hybridized carbons (Fsp3) is 0.105. The van der Waals surface area contributed by atoms with Gasteiger partial charge in [0.15, 0.2) is 11.6 Å². The third-order valence-corrected chi connectivity index (χ3v) is 4.24. The van der Waals surface area contributed by atoms with Crippen LogP contribution >= 0.6 is 11.6 Å². The quantitative estimate of drug-likeness (QED) is 0.635. The predicted molar refractivity (Wildman–Crippen MR) is 98.6 cm³/mol. The fourth-order valence-electron chi connectivity index (χ4n) is 2.59. The number of H-pyrrole nitrogens is 1. The van der Waals surface area contributed by atoms with Gasteiger partial charge in [-0.3, -0.25) is 14.6 Å². The highest BCUT2D eigenvalue weighted by Crippen LogP contribution is 2.27. The molecule has 1 aromatic carbocycles. The Morgan fingerprint density at radius 2 is 2.03 bits per heavy atom. The first kappa shape index (κ1) is 20.4. The summed E-state index contributed by atoms with van der Waals surface area (Å²) < 4.78 is 45.4. The maximum Gasteiger partial charge on any atom is 0.266 e. The number of halogens is 4. The smallest absolute Gasteiger partial charge is 0.266 e. The molecular formula is C19H13ClF3N3O3. The van der Waals surface area contributed by atoms with Gasteiger partial charge >= 0.3 is 0 Å². The molecule has 29 heavy (non-hydrogen) atoms. The number of carbonyl (C=O) groups excluding carboxylic acids is 1. The molecule has 2 aromatic heterocycles. The highest BCUT2D eigenvalue weighted by molar-refractivity contribution is 6.30. The number of aromatic amines is 1. The van der Waals surface area contributed by atoms with Crippen molar-refractivity contribution < 1.29 is 22.7 Å². The minimum atomic E-state index is -1.22. The molecule has 150 valence electrons. The van der Waals surface area contributed by atoms with E-state index >= 15 is 0 Å². The topological polar surface area (TPSA) is 84.1 Å². The molecule has 0 unspecified atom stereocenters. The van der Waals surface area contributed by atoms with Crippen molar-refractivity contribution in [1.29, 1.82) is 0 Å². The third-order valence-electron chi connectivity index (χ3n) is 3.96. The minimum absolute atomic E-state index is 0.00575. The van der Waals surface area contributed by atoms with E-state index in [2.05, 4.69) is 20.0 Å². The normalized spacial score (nSPS) is 11.7. The van der Waals surface area contributed by atoms with E-state index in [0.717, 1.165) is 30.5 Å². The van der Waals surface area contributed by atoms with Gasteiger partial charge in [0.1, 0.15) is 16.5 Å². The van der Waals surface area contributed by atoms with Crippen LogP contribution in [0.3, 0.4) is 0 Å². The van der Waals surface area contributed by atoms with Gasteiger partial charge in [0.05, 0.1) is 11.6 Å². The van der Waals surface area contributed by atoms with Crippen LogP contribution < -0.4 is 15.6 Å². The molecule has 0 bridgehead atoms. The Labute approximate surface area is 167 Å². The number of ether oxygens (including phenoxy) is 1. The van der Waals surface area contributed by atoms with E-state index < -0.39 is 36.0 Å². The molecule has 10 heteroatoms. The number of rotatable bonds is 6. The van der Waals surface area contributed by atoms with Gasteiger partial charge in [-0.15, -0.1) is 0 Å². The van der Waals surface area contributed by atoms with Crippen LogP contribution in [0, 0.1) is 11.6 Å².